The van der Waals surface area contributed by atoms with Crippen molar-refractivity contribution in [1.29, 1.82) is 0 Å². The van der Waals surface area contributed by atoms with E-state index in [1.165, 1.54) is 11.2 Å². The minimum Gasteiger partial charge on any atom is -0.340 e. The van der Waals surface area contributed by atoms with Crippen LogP contribution in [0.2, 0.25) is 0 Å². The van der Waals surface area contributed by atoms with Crippen molar-refractivity contribution in [3.63, 3.8) is 0 Å². The van der Waals surface area contributed by atoms with Gasteiger partial charge in [0.25, 0.3) is 10.2 Å². The van der Waals surface area contributed by atoms with Gasteiger partial charge in [-0.3, -0.25) is 4.79 Å². The van der Waals surface area contributed by atoms with E-state index < -0.39 is 10.2 Å². The number of hydrogen-bond acceptors (Lipinski definition) is 3. The minimum atomic E-state index is -3.34. The fourth-order valence-corrected chi connectivity index (χ4v) is 4.51. The Balaban J connectivity index is 1.99. The van der Waals surface area contributed by atoms with Crippen LogP contribution < -0.4 is 0 Å². The van der Waals surface area contributed by atoms with Crippen molar-refractivity contribution in [2.24, 2.45) is 5.92 Å². The molecule has 0 aromatic carbocycles. The maximum absolute atomic E-state index is 12.5. The van der Waals surface area contributed by atoms with Gasteiger partial charge < -0.3 is 4.90 Å². The summed E-state index contributed by atoms with van der Waals surface area (Å²) in [5, 5.41) is 0. The first-order chi connectivity index (χ1) is 8.91. The Labute approximate surface area is 115 Å². The van der Waals surface area contributed by atoms with Crippen LogP contribution in [0, 0.1) is 5.92 Å². The van der Waals surface area contributed by atoms with E-state index in [0.717, 1.165) is 12.8 Å². The quantitative estimate of drug-likeness (QED) is 0.726. The van der Waals surface area contributed by atoms with Gasteiger partial charge in [0.2, 0.25) is 5.91 Å². The molecule has 1 atom stereocenters. The van der Waals surface area contributed by atoms with Crippen LogP contribution in [0.3, 0.4) is 0 Å². The van der Waals surface area contributed by atoms with Gasteiger partial charge in [0.1, 0.15) is 0 Å². The van der Waals surface area contributed by atoms with Gasteiger partial charge in [0.15, 0.2) is 0 Å². The zero-order valence-electron chi connectivity index (χ0n) is 11.7. The summed E-state index contributed by atoms with van der Waals surface area (Å²) in [6, 6.07) is 0. The molecule has 0 unspecified atom stereocenters. The number of carbonyl (C=O) groups is 1. The molecule has 0 N–H and O–H groups in total. The number of piperidine rings is 1. The summed E-state index contributed by atoms with van der Waals surface area (Å²) in [6.07, 6.45) is 2.04. The Bertz CT molecular complexity index is 430. The van der Waals surface area contributed by atoms with Crippen LogP contribution in [0.15, 0.2) is 0 Å². The molecule has 1 amide bonds. The van der Waals surface area contributed by atoms with E-state index >= 15 is 0 Å². The first kappa shape index (κ1) is 14.7. The summed E-state index contributed by atoms with van der Waals surface area (Å²) >= 11 is 0. The van der Waals surface area contributed by atoms with Crippen LogP contribution >= 0.6 is 0 Å². The Morgan fingerprint density at radius 1 is 1.05 bits per heavy atom. The Hall–Kier alpha value is -0.660. The Kier molecular flexibility index (Phi) is 4.47. The summed E-state index contributed by atoms with van der Waals surface area (Å²) in [5.41, 5.74) is 0. The normalized spacial score (nSPS) is 27.5. The summed E-state index contributed by atoms with van der Waals surface area (Å²) in [4.78, 5) is 12.9. The fourth-order valence-electron chi connectivity index (χ4n) is 2.75. The molecule has 2 aliphatic heterocycles. The molecule has 2 rings (SSSR count). The van der Waals surface area contributed by atoms with Crippen LogP contribution in [0.5, 0.6) is 0 Å². The molecule has 0 saturated carbocycles. The maximum atomic E-state index is 12.5. The number of piperazine rings is 1. The lowest BCUT2D eigenvalue weighted by Crippen LogP contribution is -2.55. The van der Waals surface area contributed by atoms with Crippen molar-refractivity contribution >= 4 is 16.1 Å². The first-order valence-electron chi connectivity index (χ1n) is 6.92. The molecule has 0 bridgehead atoms. The van der Waals surface area contributed by atoms with Gasteiger partial charge >= 0.3 is 0 Å². The van der Waals surface area contributed by atoms with E-state index in [0.29, 0.717) is 45.2 Å². The zero-order valence-corrected chi connectivity index (χ0v) is 12.5. The standard InChI is InChI=1S/C12H23N3O3S/c1-11-4-3-5-15(10-11)19(17,18)14-8-6-13(7-9-14)12(2)16/h11H,3-10H2,1-2H3/t11-/m1/s1. The first-order valence-corrected chi connectivity index (χ1v) is 8.31. The van der Waals surface area contributed by atoms with Gasteiger partial charge in [-0.2, -0.15) is 17.0 Å². The predicted molar refractivity (Wildman–Crippen MR) is 72.7 cm³/mol. The third kappa shape index (κ3) is 3.27. The molecular formula is C12H23N3O3S. The van der Waals surface area contributed by atoms with E-state index in [4.69, 9.17) is 0 Å². The molecule has 0 aromatic rings. The number of nitrogens with zero attached hydrogens (tertiary/aromatic N) is 3. The summed E-state index contributed by atoms with van der Waals surface area (Å²) in [6.45, 7) is 6.68. The molecule has 6 nitrogen and oxygen atoms in total. The second-order valence-electron chi connectivity index (χ2n) is 5.52. The molecule has 2 heterocycles. The van der Waals surface area contributed by atoms with Crippen LogP contribution in [0.4, 0.5) is 0 Å². The van der Waals surface area contributed by atoms with Crippen molar-refractivity contribution in [2.75, 3.05) is 39.3 Å². The van der Waals surface area contributed by atoms with E-state index in [9.17, 15) is 13.2 Å². The predicted octanol–water partition coefficient (Wildman–Crippen LogP) is 0.127. The fraction of sp³-hybridized carbons (Fsp3) is 0.917. The average Bonchev–Trinajstić information content (AvgIpc) is 2.39. The summed E-state index contributed by atoms with van der Waals surface area (Å²) in [5.74, 6) is 0.450. The summed E-state index contributed by atoms with van der Waals surface area (Å²) in [7, 11) is -3.34. The average molecular weight is 289 g/mol. The Morgan fingerprint density at radius 3 is 2.21 bits per heavy atom. The van der Waals surface area contributed by atoms with Crippen molar-refractivity contribution in [3.05, 3.63) is 0 Å². The number of carbonyl (C=O) groups excluding carboxylic acids is 1. The lowest BCUT2D eigenvalue weighted by molar-refractivity contribution is -0.130. The molecule has 2 saturated heterocycles. The molecule has 0 aliphatic carbocycles. The lowest BCUT2D eigenvalue weighted by Gasteiger charge is -2.38. The minimum absolute atomic E-state index is 0.0173. The number of rotatable bonds is 2. The highest BCUT2D eigenvalue weighted by Crippen LogP contribution is 2.21. The van der Waals surface area contributed by atoms with Crippen molar-refractivity contribution in [2.45, 2.75) is 26.7 Å². The van der Waals surface area contributed by atoms with E-state index in [-0.39, 0.29) is 5.91 Å². The van der Waals surface area contributed by atoms with Gasteiger partial charge in [0.05, 0.1) is 0 Å². The zero-order chi connectivity index (χ0) is 14.0. The van der Waals surface area contributed by atoms with Crippen LogP contribution in [-0.2, 0) is 15.0 Å². The van der Waals surface area contributed by atoms with Gasteiger partial charge in [-0.05, 0) is 18.8 Å². The monoisotopic (exact) mass is 289 g/mol. The molecule has 0 aromatic heterocycles. The topological polar surface area (TPSA) is 60.9 Å². The highest BCUT2D eigenvalue weighted by Gasteiger charge is 2.34. The van der Waals surface area contributed by atoms with Crippen LogP contribution in [0.1, 0.15) is 26.7 Å². The molecule has 0 radical (unpaired) electrons. The number of hydrogen-bond donors (Lipinski definition) is 0. The molecule has 110 valence electrons. The van der Waals surface area contributed by atoms with Crippen molar-refractivity contribution in [1.82, 2.24) is 13.5 Å². The van der Waals surface area contributed by atoms with Crippen LogP contribution in [0.25, 0.3) is 0 Å². The smallest absolute Gasteiger partial charge is 0.282 e. The van der Waals surface area contributed by atoms with Crippen LogP contribution in [-0.4, -0.2) is 67.1 Å². The highest BCUT2D eigenvalue weighted by atomic mass is 32.2. The third-order valence-electron chi connectivity index (χ3n) is 3.96. The maximum Gasteiger partial charge on any atom is 0.282 e. The van der Waals surface area contributed by atoms with Crippen molar-refractivity contribution < 1.29 is 13.2 Å². The summed E-state index contributed by atoms with van der Waals surface area (Å²) < 4.78 is 28.1. The van der Waals surface area contributed by atoms with Gasteiger partial charge in [0, 0.05) is 46.2 Å². The molecule has 19 heavy (non-hydrogen) atoms. The molecule has 2 fully saturated rings. The van der Waals surface area contributed by atoms with E-state index in [1.807, 2.05) is 0 Å². The van der Waals surface area contributed by atoms with Gasteiger partial charge in [-0.25, -0.2) is 0 Å². The third-order valence-corrected chi connectivity index (χ3v) is 5.96. The molecule has 7 heteroatoms. The Morgan fingerprint density at radius 2 is 1.68 bits per heavy atom. The molecule has 0 spiro atoms. The molecule has 2 aliphatic rings. The molecular weight excluding hydrogens is 266 g/mol. The second-order valence-corrected chi connectivity index (χ2v) is 7.45. The van der Waals surface area contributed by atoms with E-state index in [1.54, 1.807) is 9.21 Å². The highest BCUT2D eigenvalue weighted by molar-refractivity contribution is 7.86. The lowest BCUT2D eigenvalue weighted by atomic mass is 10.0. The largest absolute Gasteiger partial charge is 0.340 e. The van der Waals surface area contributed by atoms with E-state index in [2.05, 4.69) is 6.92 Å². The van der Waals surface area contributed by atoms with Crippen molar-refractivity contribution in [3.8, 4) is 0 Å². The second kappa shape index (κ2) is 5.76. The number of amides is 1. The van der Waals surface area contributed by atoms with Gasteiger partial charge in [-0.15, -0.1) is 0 Å². The SMILES string of the molecule is CC(=O)N1CCN(S(=O)(=O)N2CCC[C@@H](C)C2)CC1. The van der Waals surface area contributed by atoms with Gasteiger partial charge in [-0.1, -0.05) is 6.92 Å².